The van der Waals surface area contributed by atoms with Gasteiger partial charge >= 0.3 is 0 Å². The first-order valence-corrected chi connectivity index (χ1v) is 7.17. The first kappa shape index (κ1) is 13.7. The highest BCUT2D eigenvalue weighted by Crippen LogP contribution is 2.36. The largest absolute Gasteiger partial charge is 0.496 e. The van der Waals surface area contributed by atoms with Crippen molar-refractivity contribution >= 4 is 33.4 Å². The predicted octanol–water partition coefficient (Wildman–Crippen LogP) is 3.25. The second kappa shape index (κ2) is 5.93. The smallest absolute Gasteiger partial charge is 0.255 e. The molecule has 0 radical (unpaired) electrons. The van der Waals surface area contributed by atoms with Crippen molar-refractivity contribution < 1.29 is 9.53 Å². The summed E-state index contributed by atoms with van der Waals surface area (Å²) in [6.07, 6.45) is 2.49. The number of ether oxygens (including phenoxy) is 1. The van der Waals surface area contributed by atoms with E-state index in [0.29, 0.717) is 33.6 Å². The van der Waals surface area contributed by atoms with Gasteiger partial charge in [0.15, 0.2) is 0 Å². The summed E-state index contributed by atoms with van der Waals surface area (Å²) in [5.74, 6) is 1.07. The van der Waals surface area contributed by atoms with Gasteiger partial charge in [0.25, 0.3) is 5.91 Å². The van der Waals surface area contributed by atoms with E-state index in [4.69, 9.17) is 16.3 Å². The van der Waals surface area contributed by atoms with E-state index in [1.54, 1.807) is 18.2 Å². The summed E-state index contributed by atoms with van der Waals surface area (Å²) < 4.78 is 5.16. The Morgan fingerprint density at radius 3 is 2.94 bits per heavy atom. The highest BCUT2D eigenvalue weighted by molar-refractivity contribution is 9.09. The van der Waals surface area contributed by atoms with Crippen LogP contribution in [0.2, 0.25) is 5.02 Å². The highest BCUT2D eigenvalue weighted by Gasteiger charge is 2.29. The van der Waals surface area contributed by atoms with Crippen molar-refractivity contribution in [3.05, 3.63) is 28.8 Å². The summed E-state index contributed by atoms with van der Waals surface area (Å²) in [5.41, 5.74) is 0.511. The molecule has 1 aliphatic rings. The Hall–Kier alpha value is -0.740. The van der Waals surface area contributed by atoms with Crippen molar-refractivity contribution in [2.24, 2.45) is 5.92 Å². The maximum absolute atomic E-state index is 12.0. The molecule has 1 amide bonds. The summed E-state index contributed by atoms with van der Waals surface area (Å²) >= 11 is 9.44. The SMILES string of the molecule is COc1cc(Cl)ccc1C(=O)NCC(Br)C1CC1. The van der Waals surface area contributed by atoms with Crippen LogP contribution in [0.15, 0.2) is 18.2 Å². The standard InChI is InChI=1S/C13H15BrClNO2/c1-18-12-6-9(15)4-5-10(12)13(17)16-7-11(14)8-2-3-8/h4-6,8,11H,2-3,7H2,1H3,(H,16,17). The predicted molar refractivity (Wildman–Crippen MR) is 75.8 cm³/mol. The molecule has 1 aliphatic carbocycles. The van der Waals surface area contributed by atoms with E-state index in [-0.39, 0.29) is 5.91 Å². The van der Waals surface area contributed by atoms with Gasteiger partial charge in [-0.15, -0.1) is 0 Å². The molecule has 1 fully saturated rings. The van der Waals surface area contributed by atoms with Gasteiger partial charge in [0.2, 0.25) is 0 Å². The maximum atomic E-state index is 12.0. The minimum absolute atomic E-state index is 0.131. The molecule has 2 rings (SSSR count). The van der Waals surface area contributed by atoms with E-state index in [1.165, 1.54) is 20.0 Å². The summed E-state index contributed by atoms with van der Waals surface area (Å²) in [7, 11) is 1.53. The van der Waals surface area contributed by atoms with Gasteiger partial charge in [-0.1, -0.05) is 27.5 Å². The quantitative estimate of drug-likeness (QED) is 0.841. The molecule has 0 spiro atoms. The van der Waals surface area contributed by atoms with Crippen LogP contribution in [0.5, 0.6) is 5.75 Å². The lowest BCUT2D eigenvalue weighted by Crippen LogP contribution is -2.30. The molecule has 1 aromatic carbocycles. The molecule has 5 heteroatoms. The summed E-state index contributed by atoms with van der Waals surface area (Å²) in [6.45, 7) is 0.634. The van der Waals surface area contributed by atoms with Crippen LogP contribution in [0.3, 0.4) is 0 Å². The molecule has 0 bridgehead atoms. The summed E-state index contributed by atoms with van der Waals surface area (Å²) in [6, 6.07) is 5.01. The van der Waals surface area contributed by atoms with Gasteiger partial charge in [-0.05, 0) is 37.0 Å². The lowest BCUT2D eigenvalue weighted by atomic mass is 10.2. The number of hydrogen-bond donors (Lipinski definition) is 1. The van der Waals surface area contributed by atoms with Crippen LogP contribution in [0.1, 0.15) is 23.2 Å². The van der Waals surface area contributed by atoms with Crippen molar-refractivity contribution in [1.29, 1.82) is 0 Å². The number of benzene rings is 1. The lowest BCUT2D eigenvalue weighted by Gasteiger charge is -2.12. The molecule has 1 unspecified atom stereocenters. The molecule has 0 saturated heterocycles. The number of alkyl halides is 1. The molecule has 0 heterocycles. The van der Waals surface area contributed by atoms with E-state index in [2.05, 4.69) is 21.2 Å². The van der Waals surface area contributed by atoms with Crippen LogP contribution in [0, 0.1) is 5.92 Å². The molecule has 0 aromatic heterocycles. The number of methoxy groups -OCH3 is 1. The van der Waals surface area contributed by atoms with Gasteiger partial charge in [0.05, 0.1) is 12.7 Å². The summed E-state index contributed by atoms with van der Waals surface area (Å²) in [5, 5.41) is 3.46. The molecule has 1 atom stereocenters. The van der Waals surface area contributed by atoms with E-state index in [0.717, 1.165) is 0 Å². The number of halogens is 2. The van der Waals surface area contributed by atoms with Crippen molar-refractivity contribution in [2.45, 2.75) is 17.7 Å². The molecular formula is C13H15BrClNO2. The molecule has 18 heavy (non-hydrogen) atoms. The van der Waals surface area contributed by atoms with Gasteiger partial charge in [-0.3, -0.25) is 4.79 Å². The number of rotatable bonds is 5. The zero-order valence-corrected chi connectivity index (χ0v) is 12.4. The Bertz CT molecular complexity index is 449. The third-order valence-corrected chi connectivity index (χ3v) is 4.31. The molecular weight excluding hydrogens is 318 g/mol. The molecule has 0 aliphatic heterocycles. The van der Waals surface area contributed by atoms with E-state index in [9.17, 15) is 4.79 Å². The Balaban J connectivity index is 1.99. The maximum Gasteiger partial charge on any atom is 0.255 e. The van der Waals surface area contributed by atoms with Crippen molar-refractivity contribution in [3.8, 4) is 5.75 Å². The monoisotopic (exact) mass is 331 g/mol. The fraction of sp³-hybridized carbons (Fsp3) is 0.462. The minimum Gasteiger partial charge on any atom is -0.496 e. The lowest BCUT2D eigenvalue weighted by molar-refractivity contribution is 0.0950. The van der Waals surface area contributed by atoms with Crippen LogP contribution in [0.25, 0.3) is 0 Å². The van der Waals surface area contributed by atoms with Gasteiger partial charge in [-0.25, -0.2) is 0 Å². The number of hydrogen-bond acceptors (Lipinski definition) is 2. The molecule has 3 nitrogen and oxygen atoms in total. The molecule has 1 N–H and O–H groups in total. The number of carbonyl (C=O) groups excluding carboxylic acids is 1. The van der Waals surface area contributed by atoms with Crippen LogP contribution in [0.4, 0.5) is 0 Å². The van der Waals surface area contributed by atoms with Crippen molar-refractivity contribution in [3.63, 3.8) is 0 Å². The van der Waals surface area contributed by atoms with E-state index >= 15 is 0 Å². The third-order valence-electron chi connectivity index (χ3n) is 3.00. The van der Waals surface area contributed by atoms with Crippen LogP contribution in [-0.2, 0) is 0 Å². The van der Waals surface area contributed by atoms with Crippen LogP contribution in [-0.4, -0.2) is 24.4 Å². The van der Waals surface area contributed by atoms with Crippen LogP contribution < -0.4 is 10.1 Å². The second-order valence-corrected chi connectivity index (χ2v) is 6.02. The first-order chi connectivity index (χ1) is 8.61. The van der Waals surface area contributed by atoms with Crippen molar-refractivity contribution in [2.75, 3.05) is 13.7 Å². The summed E-state index contributed by atoms with van der Waals surface area (Å²) in [4.78, 5) is 12.4. The van der Waals surface area contributed by atoms with E-state index < -0.39 is 0 Å². The van der Waals surface area contributed by atoms with Gasteiger partial charge < -0.3 is 10.1 Å². The topological polar surface area (TPSA) is 38.3 Å². The Kier molecular flexibility index (Phi) is 4.51. The number of carbonyl (C=O) groups is 1. The molecule has 98 valence electrons. The Morgan fingerprint density at radius 1 is 1.61 bits per heavy atom. The van der Waals surface area contributed by atoms with E-state index in [1.807, 2.05) is 0 Å². The third kappa shape index (κ3) is 3.39. The van der Waals surface area contributed by atoms with Gasteiger partial charge in [0, 0.05) is 16.4 Å². The van der Waals surface area contributed by atoms with Gasteiger partial charge in [-0.2, -0.15) is 0 Å². The average molecular weight is 333 g/mol. The number of amides is 1. The zero-order chi connectivity index (χ0) is 13.1. The second-order valence-electron chi connectivity index (χ2n) is 4.41. The van der Waals surface area contributed by atoms with Gasteiger partial charge in [0.1, 0.15) is 5.75 Å². The Labute approximate surface area is 120 Å². The highest BCUT2D eigenvalue weighted by atomic mass is 79.9. The Morgan fingerprint density at radius 2 is 2.33 bits per heavy atom. The molecule has 1 saturated carbocycles. The zero-order valence-electron chi connectivity index (χ0n) is 10.1. The fourth-order valence-electron chi connectivity index (χ4n) is 1.76. The molecule has 1 aromatic rings. The first-order valence-electron chi connectivity index (χ1n) is 5.87. The van der Waals surface area contributed by atoms with Crippen LogP contribution >= 0.6 is 27.5 Å². The number of nitrogens with one attached hydrogen (secondary N) is 1. The normalized spacial score (nSPS) is 16.2. The minimum atomic E-state index is -0.131. The average Bonchev–Trinajstić information content (AvgIpc) is 3.19. The van der Waals surface area contributed by atoms with Crippen molar-refractivity contribution in [1.82, 2.24) is 5.32 Å². The fourth-order valence-corrected chi connectivity index (χ4v) is 2.62.